The van der Waals surface area contributed by atoms with Gasteiger partial charge in [-0.2, -0.15) is 0 Å². The SMILES string of the molecule is Cc1cc(NCC2C(C)(C)C2(C)C)c2ccccc2n1. The van der Waals surface area contributed by atoms with Crippen LogP contribution >= 0.6 is 0 Å². The lowest BCUT2D eigenvalue weighted by molar-refractivity contribution is 0.457. The van der Waals surface area contributed by atoms with Crippen LogP contribution < -0.4 is 5.32 Å². The third-order valence-corrected chi connectivity index (χ3v) is 5.66. The lowest BCUT2D eigenvalue weighted by atomic mass is 10.0. The highest BCUT2D eigenvalue weighted by atomic mass is 14.9. The van der Waals surface area contributed by atoms with E-state index in [0.717, 1.165) is 23.7 Å². The van der Waals surface area contributed by atoms with E-state index in [0.29, 0.717) is 10.8 Å². The second-order valence-electron chi connectivity index (χ2n) is 7.21. The standard InChI is InChI=1S/C18H24N2/c1-12-10-15(13-8-6-7-9-14(13)20-12)19-11-16-17(2,3)18(16,4)5/h6-10,16H,11H2,1-5H3,(H,19,20). The Morgan fingerprint density at radius 3 is 2.40 bits per heavy atom. The van der Waals surface area contributed by atoms with Gasteiger partial charge >= 0.3 is 0 Å². The highest BCUT2D eigenvalue weighted by Gasteiger charge is 2.64. The number of pyridine rings is 1. The molecule has 1 N–H and O–H groups in total. The van der Waals surface area contributed by atoms with E-state index in [9.17, 15) is 0 Å². The average molecular weight is 268 g/mol. The number of nitrogens with zero attached hydrogens (tertiary/aromatic N) is 1. The molecule has 0 unspecified atom stereocenters. The number of rotatable bonds is 3. The van der Waals surface area contributed by atoms with Crippen molar-refractivity contribution in [3.05, 3.63) is 36.0 Å². The van der Waals surface area contributed by atoms with Crippen molar-refractivity contribution in [2.75, 3.05) is 11.9 Å². The zero-order chi connectivity index (χ0) is 14.5. The predicted molar refractivity (Wildman–Crippen MR) is 86.0 cm³/mol. The Morgan fingerprint density at radius 1 is 1.10 bits per heavy atom. The summed E-state index contributed by atoms with van der Waals surface area (Å²) in [5.74, 6) is 0.724. The molecule has 0 radical (unpaired) electrons. The third-order valence-electron chi connectivity index (χ3n) is 5.66. The van der Waals surface area contributed by atoms with E-state index in [2.05, 4.69) is 69.2 Å². The smallest absolute Gasteiger partial charge is 0.0725 e. The van der Waals surface area contributed by atoms with E-state index in [1.165, 1.54) is 11.1 Å². The van der Waals surface area contributed by atoms with E-state index in [-0.39, 0.29) is 0 Å². The molecule has 2 aromatic rings. The summed E-state index contributed by atoms with van der Waals surface area (Å²) in [6.45, 7) is 12.6. The fourth-order valence-electron chi connectivity index (χ4n) is 3.51. The monoisotopic (exact) mass is 268 g/mol. The van der Waals surface area contributed by atoms with Gasteiger partial charge in [-0.25, -0.2) is 0 Å². The Kier molecular flexibility index (Phi) is 2.82. The number of aryl methyl sites for hydroxylation is 1. The van der Waals surface area contributed by atoms with Gasteiger partial charge in [0.2, 0.25) is 0 Å². The summed E-state index contributed by atoms with van der Waals surface area (Å²) >= 11 is 0. The van der Waals surface area contributed by atoms with E-state index in [1.54, 1.807) is 0 Å². The lowest BCUT2D eigenvalue weighted by Crippen LogP contribution is -2.09. The minimum Gasteiger partial charge on any atom is -0.384 e. The fourth-order valence-corrected chi connectivity index (χ4v) is 3.51. The van der Waals surface area contributed by atoms with E-state index >= 15 is 0 Å². The van der Waals surface area contributed by atoms with Crippen molar-refractivity contribution < 1.29 is 0 Å². The first-order valence-corrected chi connectivity index (χ1v) is 7.44. The highest BCUT2D eigenvalue weighted by Crippen LogP contribution is 2.68. The molecule has 0 amide bonds. The molecule has 20 heavy (non-hydrogen) atoms. The Labute approximate surface area is 121 Å². The van der Waals surface area contributed by atoms with Crippen molar-refractivity contribution in [1.29, 1.82) is 0 Å². The minimum atomic E-state index is 0.428. The second-order valence-corrected chi connectivity index (χ2v) is 7.21. The molecule has 1 aliphatic carbocycles. The first kappa shape index (κ1) is 13.4. The second kappa shape index (κ2) is 4.21. The van der Waals surface area contributed by atoms with E-state index < -0.39 is 0 Å². The van der Waals surface area contributed by atoms with Crippen LogP contribution in [0, 0.1) is 23.7 Å². The first-order chi connectivity index (χ1) is 9.34. The molecular weight excluding hydrogens is 244 g/mol. The molecule has 3 rings (SSSR count). The third kappa shape index (κ3) is 1.90. The fraction of sp³-hybridized carbons (Fsp3) is 0.500. The summed E-state index contributed by atoms with van der Waals surface area (Å²) in [6, 6.07) is 10.5. The Hall–Kier alpha value is -1.57. The molecule has 0 spiro atoms. The number of para-hydroxylation sites is 1. The maximum atomic E-state index is 4.60. The van der Waals surface area contributed by atoms with Gasteiger partial charge in [0.25, 0.3) is 0 Å². The zero-order valence-electron chi connectivity index (χ0n) is 13.1. The summed E-state index contributed by atoms with van der Waals surface area (Å²) in [7, 11) is 0. The highest BCUT2D eigenvalue weighted by molar-refractivity contribution is 5.91. The van der Waals surface area contributed by atoms with E-state index in [1.807, 2.05) is 6.07 Å². The van der Waals surface area contributed by atoms with Crippen LogP contribution in [0.4, 0.5) is 5.69 Å². The molecule has 1 aromatic carbocycles. The Balaban J connectivity index is 1.86. The molecule has 0 bridgehead atoms. The number of aromatic nitrogens is 1. The van der Waals surface area contributed by atoms with Crippen molar-refractivity contribution in [3.63, 3.8) is 0 Å². The number of benzene rings is 1. The molecule has 2 nitrogen and oxygen atoms in total. The molecule has 1 aliphatic rings. The summed E-state index contributed by atoms with van der Waals surface area (Å²) < 4.78 is 0. The van der Waals surface area contributed by atoms with Gasteiger partial charge in [-0.05, 0) is 35.8 Å². The van der Waals surface area contributed by atoms with Crippen LogP contribution in [0.5, 0.6) is 0 Å². The molecule has 2 heteroatoms. The number of nitrogens with one attached hydrogen (secondary N) is 1. The summed E-state index contributed by atoms with van der Waals surface area (Å²) in [5, 5.41) is 4.88. The van der Waals surface area contributed by atoms with Gasteiger partial charge < -0.3 is 5.32 Å². The molecule has 1 heterocycles. The first-order valence-electron chi connectivity index (χ1n) is 7.44. The molecule has 0 saturated heterocycles. The van der Waals surface area contributed by atoms with Crippen LogP contribution in [-0.4, -0.2) is 11.5 Å². The van der Waals surface area contributed by atoms with Crippen LogP contribution in [0.15, 0.2) is 30.3 Å². The van der Waals surface area contributed by atoms with Crippen LogP contribution in [0.3, 0.4) is 0 Å². The largest absolute Gasteiger partial charge is 0.384 e. The number of hydrogen-bond donors (Lipinski definition) is 1. The maximum absolute atomic E-state index is 4.60. The van der Waals surface area contributed by atoms with Crippen molar-refractivity contribution in [2.45, 2.75) is 34.6 Å². The van der Waals surface area contributed by atoms with Gasteiger partial charge in [0.1, 0.15) is 0 Å². The molecule has 0 atom stereocenters. The maximum Gasteiger partial charge on any atom is 0.0725 e. The average Bonchev–Trinajstić information content (AvgIpc) is 2.76. The normalized spacial score (nSPS) is 20.1. The quantitative estimate of drug-likeness (QED) is 0.877. The van der Waals surface area contributed by atoms with E-state index in [4.69, 9.17) is 0 Å². The zero-order valence-corrected chi connectivity index (χ0v) is 13.1. The summed E-state index contributed by atoms with van der Waals surface area (Å²) in [6.07, 6.45) is 0. The van der Waals surface area contributed by atoms with Crippen LogP contribution in [0.1, 0.15) is 33.4 Å². The van der Waals surface area contributed by atoms with Gasteiger partial charge in [-0.1, -0.05) is 45.9 Å². The summed E-state index contributed by atoms with van der Waals surface area (Å²) in [5.41, 5.74) is 4.21. The lowest BCUT2D eigenvalue weighted by Gasteiger charge is -2.11. The molecule has 1 aromatic heterocycles. The topological polar surface area (TPSA) is 24.9 Å². The molecule has 1 saturated carbocycles. The van der Waals surface area contributed by atoms with Gasteiger partial charge in [0.05, 0.1) is 5.52 Å². The predicted octanol–water partition coefficient (Wildman–Crippen LogP) is 4.64. The molecular formula is C18H24N2. The summed E-state index contributed by atoms with van der Waals surface area (Å²) in [4.78, 5) is 4.60. The minimum absolute atomic E-state index is 0.428. The van der Waals surface area contributed by atoms with Gasteiger partial charge in [0, 0.05) is 23.3 Å². The molecule has 1 fully saturated rings. The molecule has 0 aliphatic heterocycles. The van der Waals surface area contributed by atoms with Crippen molar-refractivity contribution >= 4 is 16.6 Å². The van der Waals surface area contributed by atoms with Gasteiger partial charge in [-0.15, -0.1) is 0 Å². The number of hydrogen-bond acceptors (Lipinski definition) is 2. The van der Waals surface area contributed by atoms with Gasteiger partial charge in [-0.3, -0.25) is 4.98 Å². The Morgan fingerprint density at radius 2 is 1.75 bits per heavy atom. The van der Waals surface area contributed by atoms with Gasteiger partial charge in [0.15, 0.2) is 0 Å². The van der Waals surface area contributed by atoms with Crippen LogP contribution in [0.2, 0.25) is 0 Å². The number of anilines is 1. The molecule has 106 valence electrons. The van der Waals surface area contributed by atoms with Crippen molar-refractivity contribution in [1.82, 2.24) is 4.98 Å². The van der Waals surface area contributed by atoms with Crippen LogP contribution in [-0.2, 0) is 0 Å². The Bertz CT molecular complexity index is 642. The van der Waals surface area contributed by atoms with Crippen LogP contribution in [0.25, 0.3) is 10.9 Å². The van der Waals surface area contributed by atoms with Crippen molar-refractivity contribution in [3.8, 4) is 0 Å². The van der Waals surface area contributed by atoms with Crippen molar-refractivity contribution in [2.24, 2.45) is 16.7 Å². The number of fused-ring (bicyclic) bond motifs is 1.